The summed E-state index contributed by atoms with van der Waals surface area (Å²) in [7, 11) is 0. The molecule has 0 spiro atoms. The number of benzene rings is 1. The van der Waals surface area contributed by atoms with Crippen LogP contribution in [0.15, 0.2) is 36.4 Å². The van der Waals surface area contributed by atoms with Crippen molar-refractivity contribution in [3.8, 4) is 11.3 Å². The van der Waals surface area contributed by atoms with Crippen LogP contribution in [0.5, 0.6) is 0 Å². The predicted octanol–water partition coefficient (Wildman–Crippen LogP) is 3.93. The second kappa shape index (κ2) is 6.67. The minimum absolute atomic E-state index is 0.0606. The second-order valence-electron chi connectivity index (χ2n) is 6.11. The molecule has 1 fully saturated rings. The van der Waals surface area contributed by atoms with Gasteiger partial charge in [-0.25, -0.2) is 0 Å². The van der Waals surface area contributed by atoms with Gasteiger partial charge < -0.3 is 5.32 Å². The van der Waals surface area contributed by atoms with Gasteiger partial charge in [0.05, 0.1) is 11.6 Å². The van der Waals surface area contributed by atoms with Crippen LogP contribution < -0.4 is 5.32 Å². The molecule has 0 aliphatic heterocycles. The summed E-state index contributed by atoms with van der Waals surface area (Å²) in [6.45, 7) is 0. The van der Waals surface area contributed by atoms with Gasteiger partial charge in [-0.1, -0.05) is 36.8 Å². The van der Waals surface area contributed by atoms with Crippen molar-refractivity contribution in [2.24, 2.45) is 5.92 Å². The SMILES string of the molecule is O=C(N[C@@H]1CCC[C@H](C(F)(F)F)C1)c1cc(-c2ccccc2)n[nH]1. The Morgan fingerprint density at radius 1 is 1.21 bits per heavy atom. The van der Waals surface area contributed by atoms with E-state index in [1.54, 1.807) is 6.07 Å². The van der Waals surface area contributed by atoms with Crippen LogP contribution >= 0.6 is 0 Å². The van der Waals surface area contributed by atoms with Crippen LogP contribution in [-0.4, -0.2) is 28.3 Å². The smallest absolute Gasteiger partial charge is 0.348 e. The minimum Gasteiger partial charge on any atom is -0.348 e. The third-order valence-corrected chi connectivity index (χ3v) is 4.36. The minimum atomic E-state index is -4.20. The lowest BCUT2D eigenvalue weighted by molar-refractivity contribution is -0.183. The monoisotopic (exact) mass is 337 g/mol. The molecule has 0 radical (unpaired) electrons. The number of carbonyl (C=O) groups is 1. The number of hydrogen-bond donors (Lipinski definition) is 2. The number of alkyl halides is 3. The molecule has 2 N–H and O–H groups in total. The van der Waals surface area contributed by atoms with Gasteiger partial charge in [0.2, 0.25) is 0 Å². The molecule has 2 aromatic rings. The Labute approximate surface area is 137 Å². The average Bonchev–Trinajstić information content (AvgIpc) is 3.05. The zero-order valence-corrected chi connectivity index (χ0v) is 12.9. The van der Waals surface area contributed by atoms with Gasteiger partial charge in [0.25, 0.3) is 5.91 Å². The molecule has 24 heavy (non-hydrogen) atoms. The molecule has 128 valence electrons. The first-order valence-corrected chi connectivity index (χ1v) is 7.92. The molecular formula is C17H18F3N3O. The van der Waals surface area contributed by atoms with E-state index in [1.165, 1.54) is 0 Å². The fourth-order valence-corrected chi connectivity index (χ4v) is 3.08. The largest absolute Gasteiger partial charge is 0.391 e. The molecule has 2 atom stereocenters. The first-order valence-electron chi connectivity index (χ1n) is 7.92. The van der Waals surface area contributed by atoms with Crippen molar-refractivity contribution in [2.45, 2.75) is 37.9 Å². The van der Waals surface area contributed by atoms with Crippen LogP contribution in [0.2, 0.25) is 0 Å². The van der Waals surface area contributed by atoms with Crippen molar-refractivity contribution in [3.05, 3.63) is 42.1 Å². The lowest BCUT2D eigenvalue weighted by atomic mass is 9.85. The van der Waals surface area contributed by atoms with Crippen LogP contribution in [0, 0.1) is 5.92 Å². The molecule has 1 aliphatic carbocycles. The maximum Gasteiger partial charge on any atom is 0.391 e. The van der Waals surface area contributed by atoms with Gasteiger partial charge in [0.1, 0.15) is 5.69 Å². The molecule has 1 heterocycles. The topological polar surface area (TPSA) is 57.8 Å². The predicted molar refractivity (Wildman–Crippen MR) is 83.3 cm³/mol. The van der Waals surface area contributed by atoms with E-state index in [0.717, 1.165) is 5.56 Å². The molecular weight excluding hydrogens is 319 g/mol. The van der Waals surface area contributed by atoms with Crippen LogP contribution in [0.4, 0.5) is 13.2 Å². The normalized spacial score (nSPS) is 21.5. The van der Waals surface area contributed by atoms with Crippen molar-refractivity contribution < 1.29 is 18.0 Å². The Bertz CT molecular complexity index is 697. The highest BCUT2D eigenvalue weighted by atomic mass is 19.4. The molecule has 4 nitrogen and oxygen atoms in total. The number of halogens is 3. The van der Waals surface area contributed by atoms with Crippen LogP contribution in [0.25, 0.3) is 11.3 Å². The van der Waals surface area contributed by atoms with Gasteiger partial charge in [-0.3, -0.25) is 9.89 Å². The summed E-state index contributed by atoms with van der Waals surface area (Å²) in [5, 5.41) is 9.43. The Morgan fingerprint density at radius 2 is 1.96 bits per heavy atom. The fraction of sp³-hybridized carbons (Fsp3) is 0.412. The third kappa shape index (κ3) is 3.77. The Balaban J connectivity index is 1.64. The molecule has 0 bridgehead atoms. The van der Waals surface area contributed by atoms with Crippen molar-refractivity contribution in [1.82, 2.24) is 15.5 Å². The molecule has 1 aliphatic rings. The molecule has 1 aromatic heterocycles. The van der Waals surface area contributed by atoms with Gasteiger partial charge >= 0.3 is 6.18 Å². The third-order valence-electron chi connectivity index (χ3n) is 4.36. The molecule has 7 heteroatoms. The highest BCUT2D eigenvalue weighted by Gasteiger charge is 2.42. The highest BCUT2D eigenvalue weighted by molar-refractivity contribution is 5.93. The zero-order valence-electron chi connectivity index (χ0n) is 12.9. The van der Waals surface area contributed by atoms with E-state index in [2.05, 4.69) is 15.5 Å². The maximum absolute atomic E-state index is 12.8. The number of nitrogens with one attached hydrogen (secondary N) is 2. The molecule has 0 unspecified atom stereocenters. The summed E-state index contributed by atoms with van der Waals surface area (Å²) in [6.07, 6.45) is -3.09. The van der Waals surface area contributed by atoms with E-state index in [-0.39, 0.29) is 18.5 Å². The van der Waals surface area contributed by atoms with Gasteiger partial charge in [0.15, 0.2) is 0 Å². The standard InChI is InChI=1S/C17H18F3N3O/c18-17(19,20)12-7-4-8-13(9-12)21-16(24)15-10-14(22-23-15)11-5-2-1-3-6-11/h1-3,5-6,10,12-13H,4,7-9H2,(H,21,24)(H,22,23)/t12-,13+/m0/s1. The van der Waals surface area contributed by atoms with Crippen LogP contribution in [-0.2, 0) is 0 Å². The number of H-pyrrole nitrogens is 1. The summed E-state index contributed by atoms with van der Waals surface area (Å²) in [5.41, 5.74) is 1.74. The molecule has 1 saturated carbocycles. The van der Waals surface area contributed by atoms with Gasteiger partial charge in [0, 0.05) is 11.6 Å². The number of nitrogens with zero attached hydrogens (tertiary/aromatic N) is 1. The number of amides is 1. The van der Waals surface area contributed by atoms with E-state index < -0.39 is 24.0 Å². The zero-order chi connectivity index (χ0) is 17.2. The van der Waals surface area contributed by atoms with Gasteiger partial charge in [-0.2, -0.15) is 18.3 Å². The fourth-order valence-electron chi connectivity index (χ4n) is 3.08. The van der Waals surface area contributed by atoms with Crippen LogP contribution in [0.3, 0.4) is 0 Å². The molecule has 1 amide bonds. The summed E-state index contributed by atoms with van der Waals surface area (Å²) in [4.78, 5) is 12.3. The number of aromatic amines is 1. The van der Waals surface area contributed by atoms with Crippen LogP contribution in [0.1, 0.15) is 36.2 Å². The Kier molecular flexibility index (Phi) is 4.59. The summed E-state index contributed by atoms with van der Waals surface area (Å²) in [6, 6.07) is 10.5. The first kappa shape index (κ1) is 16.5. The number of rotatable bonds is 3. The summed E-state index contributed by atoms with van der Waals surface area (Å²) >= 11 is 0. The van der Waals surface area contributed by atoms with Crippen molar-refractivity contribution in [3.63, 3.8) is 0 Å². The van der Waals surface area contributed by atoms with Gasteiger partial charge in [-0.05, 0) is 25.3 Å². The van der Waals surface area contributed by atoms with E-state index in [9.17, 15) is 18.0 Å². The molecule has 3 rings (SSSR count). The van der Waals surface area contributed by atoms with E-state index in [1.807, 2.05) is 30.3 Å². The van der Waals surface area contributed by atoms with E-state index >= 15 is 0 Å². The van der Waals surface area contributed by atoms with E-state index in [0.29, 0.717) is 18.5 Å². The van der Waals surface area contributed by atoms with Crippen molar-refractivity contribution in [2.75, 3.05) is 0 Å². The number of aromatic nitrogens is 2. The number of carbonyl (C=O) groups excluding carboxylic acids is 1. The molecule has 1 aromatic carbocycles. The lowest BCUT2D eigenvalue weighted by Crippen LogP contribution is -2.41. The quantitative estimate of drug-likeness (QED) is 0.892. The molecule has 0 saturated heterocycles. The van der Waals surface area contributed by atoms with Crippen molar-refractivity contribution in [1.29, 1.82) is 0 Å². The van der Waals surface area contributed by atoms with Crippen molar-refractivity contribution >= 4 is 5.91 Å². The second-order valence-corrected chi connectivity index (χ2v) is 6.11. The number of hydrogen-bond acceptors (Lipinski definition) is 2. The summed E-state index contributed by atoms with van der Waals surface area (Å²) < 4.78 is 38.5. The maximum atomic E-state index is 12.8. The Morgan fingerprint density at radius 3 is 2.67 bits per heavy atom. The van der Waals surface area contributed by atoms with Gasteiger partial charge in [-0.15, -0.1) is 0 Å². The lowest BCUT2D eigenvalue weighted by Gasteiger charge is -2.30. The average molecular weight is 337 g/mol. The first-order chi connectivity index (χ1) is 11.4. The highest BCUT2D eigenvalue weighted by Crippen LogP contribution is 2.37. The van der Waals surface area contributed by atoms with E-state index in [4.69, 9.17) is 0 Å². The summed E-state index contributed by atoms with van der Waals surface area (Å²) in [5.74, 6) is -1.75. The Hall–Kier alpha value is -2.31.